The molecule has 29 heavy (non-hydrogen) atoms. The van der Waals surface area contributed by atoms with Gasteiger partial charge in [0.1, 0.15) is 11.6 Å². The van der Waals surface area contributed by atoms with Crippen molar-refractivity contribution in [2.45, 2.75) is 11.8 Å². The summed E-state index contributed by atoms with van der Waals surface area (Å²) < 4.78 is 45.9. The van der Waals surface area contributed by atoms with Gasteiger partial charge in [-0.25, -0.2) is 12.8 Å². The van der Waals surface area contributed by atoms with Crippen LogP contribution in [0.2, 0.25) is 0 Å². The average Bonchev–Trinajstić information content (AvgIpc) is 2.74. The normalized spacial score (nSPS) is 16.0. The van der Waals surface area contributed by atoms with Crippen molar-refractivity contribution < 1.29 is 22.3 Å². The lowest BCUT2D eigenvalue weighted by Gasteiger charge is -2.33. The fourth-order valence-electron chi connectivity index (χ4n) is 3.18. The molecule has 0 atom stereocenters. The fraction of sp³-hybridized carbons (Fsp3) is 0.286. The number of halogens is 1. The number of hydrogen-bond donors (Lipinski definition) is 0. The zero-order valence-corrected chi connectivity index (χ0v) is 17.2. The molecule has 0 bridgehead atoms. The molecule has 2 aromatic rings. The van der Waals surface area contributed by atoms with Crippen molar-refractivity contribution in [1.29, 1.82) is 0 Å². The Morgan fingerprint density at radius 3 is 2.24 bits per heavy atom. The second kappa shape index (κ2) is 8.75. The monoisotopic (exact) mass is 418 g/mol. The van der Waals surface area contributed by atoms with Crippen LogP contribution in [0, 0.1) is 5.82 Å². The van der Waals surface area contributed by atoms with Gasteiger partial charge in [0.15, 0.2) is 0 Å². The first-order chi connectivity index (χ1) is 13.8. The fourth-order valence-corrected chi connectivity index (χ4v) is 4.60. The first kappa shape index (κ1) is 21.0. The maximum absolute atomic E-state index is 13.9. The van der Waals surface area contributed by atoms with E-state index in [1.54, 1.807) is 42.2 Å². The second-order valence-corrected chi connectivity index (χ2v) is 8.65. The van der Waals surface area contributed by atoms with Gasteiger partial charge in [0, 0.05) is 37.8 Å². The summed E-state index contributed by atoms with van der Waals surface area (Å²) in [4.78, 5) is 14.3. The third kappa shape index (κ3) is 4.65. The molecule has 0 aromatic heterocycles. The third-order valence-corrected chi connectivity index (χ3v) is 6.80. The molecule has 154 valence electrons. The van der Waals surface area contributed by atoms with Crippen molar-refractivity contribution in [1.82, 2.24) is 9.21 Å². The molecule has 6 nitrogen and oxygen atoms in total. The van der Waals surface area contributed by atoms with E-state index < -0.39 is 10.0 Å². The Morgan fingerprint density at radius 2 is 1.66 bits per heavy atom. The van der Waals surface area contributed by atoms with Gasteiger partial charge < -0.3 is 9.64 Å². The Kier molecular flexibility index (Phi) is 6.34. The lowest BCUT2D eigenvalue weighted by atomic mass is 10.1. The number of rotatable bonds is 5. The largest absolute Gasteiger partial charge is 0.497 e. The van der Waals surface area contributed by atoms with E-state index in [1.165, 1.54) is 35.7 Å². The highest BCUT2D eigenvalue weighted by molar-refractivity contribution is 7.89. The van der Waals surface area contributed by atoms with Gasteiger partial charge in [-0.3, -0.25) is 4.79 Å². The number of allylic oxidation sites excluding steroid dienone is 1. The summed E-state index contributed by atoms with van der Waals surface area (Å²) >= 11 is 0. The van der Waals surface area contributed by atoms with Crippen LogP contribution in [0.1, 0.15) is 12.5 Å². The molecule has 0 saturated carbocycles. The minimum atomic E-state index is -3.63. The molecule has 1 aliphatic rings. The zero-order valence-electron chi connectivity index (χ0n) is 16.3. The molecular weight excluding hydrogens is 395 g/mol. The summed E-state index contributed by atoms with van der Waals surface area (Å²) in [6.45, 7) is 2.63. The molecule has 0 radical (unpaired) electrons. The lowest BCUT2D eigenvalue weighted by molar-refractivity contribution is -0.127. The van der Waals surface area contributed by atoms with Crippen molar-refractivity contribution >= 4 is 21.5 Å². The average molecular weight is 418 g/mol. The molecule has 0 N–H and O–H groups in total. The van der Waals surface area contributed by atoms with E-state index in [9.17, 15) is 17.6 Å². The molecule has 0 aliphatic carbocycles. The van der Waals surface area contributed by atoms with Crippen LogP contribution in [-0.2, 0) is 14.8 Å². The Balaban J connectivity index is 1.65. The molecule has 1 aliphatic heterocycles. The number of amides is 1. The van der Waals surface area contributed by atoms with Gasteiger partial charge in [0.25, 0.3) is 0 Å². The number of hydrogen-bond acceptors (Lipinski definition) is 4. The maximum atomic E-state index is 13.9. The first-order valence-corrected chi connectivity index (χ1v) is 10.6. The van der Waals surface area contributed by atoms with Gasteiger partial charge in [-0.2, -0.15) is 4.31 Å². The highest BCUT2D eigenvalue weighted by Crippen LogP contribution is 2.21. The highest BCUT2D eigenvalue weighted by Gasteiger charge is 2.29. The van der Waals surface area contributed by atoms with Crippen LogP contribution >= 0.6 is 0 Å². The summed E-state index contributed by atoms with van der Waals surface area (Å²) in [6.07, 6.45) is 1.39. The number of ether oxygens (including phenoxy) is 1. The standard InChI is InChI=1S/C21H23FN2O4S/c1-16(19-5-3-4-6-20(19)22)15-21(25)23-11-13-24(14-12-23)29(26,27)18-9-7-17(28-2)8-10-18/h3-10,15H,11-14H2,1-2H3/b16-15-. The number of piperazine rings is 1. The molecule has 3 rings (SSSR count). The quantitative estimate of drug-likeness (QED) is 0.701. The summed E-state index contributed by atoms with van der Waals surface area (Å²) in [5.41, 5.74) is 0.906. The van der Waals surface area contributed by atoms with E-state index >= 15 is 0 Å². The molecular formula is C21H23FN2O4S. The van der Waals surface area contributed by atoms with Crippen LogP contribution in [0.25, 0.3) is 5.57 Å². The van der Waals surface area contributed by atoms with E-state index in [-0.39, 0.29) is 42.8 Å². The number of carbonyl (C=O) groups excluding carboxylic acids is 1. The molecule has 1 amide bonds. The van der Waals surface area contributed by atoms with Crippen molar-refractivity contribution in [3.63, 3.8) is 0 Å². The van der Waals surface area contributed by atoms with Gasteiger partial charge in [-0.05, 0) is 42.8 Å². The molecule has 2 aromatic carbocycles. The van der Waals surface area contributed by atoms with Gasteiger partial charge in [-0.15, -0.1) is 0 Å². The highest BCUT2D eigenvalue weighted by atomic mass is 32.2. The number of benzene rings is 2. The summed E-state index contributed by atoms with van der Waals surface area (Å²) in [5, 5.41) is 0. The summed E-state index contributed by atoms with van der Waals surface area (Å²) in [6, 6.07) is 12.5. The van der Waals surface area contributed by atoms with Crippen LogP contribution in [0.4, 0.5) is 4.39 Å². The number of carbonyl (C=O) groups is 1. The Bertz CT molecular complexity index is 1010. The molecule has 1 fully saturated rings. The molecule has 1 heterocycles. The minimum Gasteiger partial charge on any atom is -0.497 e. The smallest absolute Gasteiger partial charge is 0.246 e. The molecule has 1 saturated heterocycles. The Labute approximate surface area is 170 Å². The Morgan fingerprint density at radius 1 is 1.03 bits per heavy atom. The maximum Gasteiger partial charge on any atom is 0.246 e. The zero-order chi connectivity index (χ0) is 21.0. The van der Waals surface area contributed by atoms with Gasteiger partial charge in [-0.1, -0.05) is 18.2 Å². The second-order valence-electron chi connectivity index (χ2n) is 6.71. The predicted molar refractivity (Wildman–Crippen MR) is 108 cm³/mol. The SMILES string of the molecule is COc1ccc(S(=O)(=O)N2CCN(C(=O)/C=C(/C)c3ccccc3F)CC2)cc1. The molecule has 8 heteroatoms. The van der Waals surface area contributed by atoms with Gasteiger partial charge in [0.05, 0.1) is 12.0 Å². The van der Waals surface area contributed by atoms with E-state index in [0.29, 0.717) is 16.9 Å². The van der Waals surface area contributed by atoms with Crippen LogP contribution in [0.15, 0.2) is 59.5 Å². The van der Waals surface area contributed by atoms with E-state index in [2.05, 4.69) is 0 Å². The summed E-state index contributed by atoms with van der Waals surface area (Å²) in [7, 11) is -2.12. The number of sulfonamides is 1. The van der Waals surface area contributed by atoms with Gasteiger partial charge >= 0.3 is 0 Å². The van der Waals surface area contributed by atoms with Crippen LogP contribution in [0.5, 0.6) is 5.75 Å². The lowest BCUT2D eigenvalue weighted by Crippen LogP contribution is -2.50. The minimum absolute atomic E-state index is 0.188. The van der Waals surface area contributed by atoms with Gasteiger partial charge in [0.2, 0.25) is 15.9 Å². The van der Waals surface area contributed by atoms with Crippen LogP contribution in [0.3, 0.4) is 0 Å². The van der Waals surface area contributed by atoms with E-state index in [0.717, 1.165) is 0 Å². The van der Waals surface area contributed by atoms with Crippen molar-refractivity contribution in [2.24, 2.45) is 0 Å². The molecule has 0 unspecified atom stereocenters. The first-order valence-electron chi connectivity index (χ1n) is 9.19. The Hall–Kier alpha value is -2.71. The number of methoxy groups -OCH3 is 1. The van der Waals surface area contributed by atoms with E-state index in [4.69, 9.17) is 4.74 Å². The third-order valence-electron chi connectivity index (χ3n) is 4.89. The van der Waals surface area contributed by atoms with Crippen molar-refractivity contribution in [3.8, 4) is 5.75 Å². The topological polar surface area (TPSA) is 66.9 Å². The number of nitrogens with zero attached hydrogens (tertiary/aromatic N) is 2. The summed E-state index contributed by atoms with van der Waals surface area (Å²) in [5.74, 6) is -0.0620. The van der Waals surface area contributed by atoms with Crippen LogP contribution < -0.4 is 4.74 Å². The van der Waals surface area contributed by atoms with Crippen molar-refractivity contribution in [3.05, 3.63) is 66.0 Å². The van der Waals surface area contributed by atoms with E-state index in [1.807, 2.05) is 0 Å². The molecule has 0 spiro atoms. The van der Waals surface area contributed by atoms with Crippen molar-refractivity contribution in [2.75, 3.05) is 33.3 Å². The van der Waals surface area contributed by atoms with Crippen LogP contribution in [-0.4, -0.2) is 56.8 Å². The predicted octanol–water partition coefficient (Wildman–Crippen LogP) is 2.77.